The molecule has 0 aliphatic carbocycles. The van der Waals surface area contributed by atoms with Gasteiger partial charge in [-0.05, 0) is 24.3 Å². The summed E-state index contributed by atoms with van der Waals surface area (Å²) in [6.07, 6.45) is 2.88. The van der Waals surface area contributed by atoms with E-state index in [0.717, 1.165) is 0 Å². The quantitative estimate of drug-likeness (QED) is 0.484. The number of anilines is 2. The summed E-state index contributed by atoms with van der Waals surface area (Å²) in [5, 5.41) is 2.47. The van der Waals surface area contributed by atoms with Crippen molar-refractivity contribution in [3.05, 3.63) is 54.4 Å². The van der Waals surface area contributed by atoms with Gasteiger partial charge in [-0.25, -0.2) is 0 Å². The molecule has 3 N–H and O–H groups in total. The molecule has 2 rings (SSSR count). The normalized spacial score (nSPS) is 9.78. The molecule has 1 amide bonds. The van der Waals surface area contributed by atoms with Crippen molar-refractivity contribution in [2.24, 2.45) is 0 Å². The largest absolute Gasteiger partial charge is 0.397 e. The molecule has 90 valence electrons. The molecule has 0 saturated carbocycles. The fourth-order valence-electron chi connectivity index (χ4n) is 1.42. The van der Waals surface area contributed by atoms with E-state index in [1.54, 1.807) is 30.3 Å². The Hall–Kier alpha value is -2.69. The molecule has 5 heteroatoms. The summed E-state index contributed by atoms with van der Waals surface area (Å²) in [5.74, 6) is -1.38. The van der Waals surface area contributed by atoms with Gasteiger partial charge in [0.05, 0.1) is 11.4 Å². The Morgan fingerprint density at radius 1 is 1.11 bits per heavy atom. The first-order valence-electron chi connectivity index (χ1n) is 5.28. The van der Waals surface area contributed by atoms with Crippen molar-refractivity contribution in [2.75, 3.05) is 11.1 Å². The smallest absolute Gasteiger partial charge is 0.296 e. The lowest BCUT2D eigenvalue weighted by Gasteiger charge is -2.06. The van der Waals surface area contributed by atoms with Gasteiger partial charge in [-0.3, -0.25) is 14.6 Å². The van der Waals surface area contributed by atoms with E-state index in [4.69, 9.17) is 5.73 Å². The molecule has 0 unspecified atom stereocenters. The number of hydrogen-bond donors (Lipinski definition) is 2. The van der Waals surface area contributed by atoms with E-state index in [9.17, 15) is 9.59 Å². The zero-order valence-electron chi connectivity index (χ0n) is 9.46. The van der Waals surface area contributed by atoms with Crippen molar-refractivity contribution in [2.45, 2.75) is 0 Å². The van der Waals surface area contributed by atoms with Crippen LogP contribution < -0.4 is 11.1 Å². The number of hydrogen-bond acceptors (Lipinski definition) is 4. The molecule has 5 nitrogen and oxygen atoms in total. The zero-order valence-corrected chi connectivity index (χ0v) is 9.46. The van der Waals surface area contributed by atoms with Gasteiger partial charge in [0.15, 0.2) is 0 Å². The number of amides is 1. The third-order valence-electron chi connectivity index (χ3n) is 2.34. The molecule has 0 fully saturated rings. The maximum atomic E-state index is 11.8. The monoisotopic (exact) mass is 241 g/mol. The number of aromatic nitrogens is 1. The van der Waals surface area contributed by atoms with E-state index in [0.29, 0.717) is 11.4 Å². The van der Waals surface area contributed by atoms with Crippen molar-refractivity contribution in [1.29, 1.82) is 0 Å². The Bertz CT molecular complexity index is 582. The van der Waals surface area contributed by atoms with Crippen LogP contribution >= 0.6 is 0 Å². The number of ketones is 1. The van der Waals surface area contributed by atoms with Crippen molar-refractivity contribution in [1.82, 2.24) is 4.98 Å². The van der Waals surface area contributed by atoms with E-state index in [2.05, 4.69) is 10.3 Å². The Labute approximate surface area is 104 Å². The van der Waals surface area contributed by atoms with Crippen LogP contribution in [-0.4, -0.2) is 16.7 Å². The highest BCUT2D eigenvalue weighted by molar-refractivity contribution is 6.46. The summed E-state index contributed by atoms with van der Waals surface area (Å²) >= 11 is 0. The minimum absolute atomic E-state index is 0.240. The number of benzene rings is 1. The number of carbonyl (C=O) groups excluding carboxylic acids is 2. The van der Waals surface area contributed by atoms with E-state index in [-0.39, 0.29) is 5.56 Å². The zero-order chi connectivity index (χ0) is 13.0. The van der Waals surface area contributed by atoms with Crippen molar-refractivity contribution in [3.8, 4) is 0 Å². The second kappa shape index (κ2) is 5.09. The molecular formula is C13H11N3O2. The number of pyridine rings is 1. The van der Waals surface area contributed by atoms with E-state index < -0.39 is 11.7 Å². The molecule has 0 radical (unpaired) electrons. The minimum Gasteiger partial charge on any atom is -0.397 e. The predicted molar refractivity (Wildman–Crippen MR) is 68.1 cm³/mol. The number of nitrogens with two attached hydrogens (primary N) is 1. The van der Waals surface area contributed by atoms with E-state index in [1.165, 1.54) is 18.5 Å². The first-order valence-corrected chi connectivity index (χ1v) is 5.28. The number of Topliss-reactive ketones (excluding diaryl/α,β-unsaturated/α-hetero) is 1. The molecule has 0 saturated heterocycles. The van der Waals surface area contributed by atoms with Crippen molar-refractivity contribution < 1.29 is 9.59 Å². The van der Waals surface area contributed by atoms with Gasteiger partial charge in [0.25, 0.3) is 11.7 Å². The number of para-hydroxylation sites is 2. The fourth-order valence-corrected chi connectivity index (χ4v) is 1.42. The highest BCUT2D eigenvalue weighted by atomic mass is 16.2. The van der Waals surface area contributed by atoms with Crippen LogP contribution in [0.1, 0.15) is 10.4 Å². The van der Waals surface area contributed by atoms with Gasteiger partial charge in [-0.15, -0.1) is 0 Å². The van der Waals surface area contributed by atoms with E-state index >= 15 is 0 Å². The van der Waals surface area contributed by atoms with Gasteiger partial charge in [-0.2, -0.15) is 0 Å². The van der Waals surface area contributed by atoms with Crippen molar-refractivity contribution >= 4 is 23.1 Å². The summed E-state index contributed by atoms with van der Waals surface area (Å²) in [6.45, 7) is 0. The molecular weight excluding hydrogens is 230 g/mol. The highest BCUT2D eigenvalue weighted by Gasteiger charge is 2.16. The predicted octanol–water partition coefficient (Wildman–Crippen LogP) is 1.49. The molecule has 1 aromatic heterocycles. The molecule has 2 aromatic rings. The number of carbonyl (C=O) groups is 2. The SMILES string of the molecule is Nc1ccccc1NC(=O)C(=O)c1cccnc1. The first kappa shape index (κ1) is 11.8. The molecule has 0 aliphatic rings. The third kappa shape index (κ3) is 2.52. The van der Waals surface area contributed by atoms with Crippen LogP contribution in [-0.2, 0) is 4.79 Å². The molecule has 0 aliphatic heterocycles. The lowest BCUT2D eigenvalue weighted by Crippen LogP contribution is -2.23. The van der Waals surface area contributed by atoms with Crippen LogP contribution in [0.2, 0.25) is 0 Å². The van der Waals surface area contributed by atoms with Crippen molar-refractivity contribution in [3.63, 3.8) is 0 Å². The summed E-state index contributed by atoms with van der Waals surface area (Å²) in [5.41, 5.74) is 6.73. The van der Waals surface area contributed by atoms with Gasteiger partial charge in [0.1, 0.15) is 0 Å². The topological polar surface area (TPSA) is 85.1 Å². The maximum absolute atomic E-state index is 11.8. The number of nitrogens with zero attached hydrogens (tertiary/aromatic N) is 1. The van der Waals surface area contributed by atoms with Gasteiger partial charge in [0, 0.05) is 18.0 Å². The first-order chi connectivity index (χ1) is 8.68. The van der Waals surface area contributed by atoms with E-state index in [1.807, 2.05) is 0 Å². The molecule has 1 heterocycles. The van der Waals surface area contributed by atoms with Gasteiger partial charge >= 0.3 is 0 Å². The van der Waals surface area contributed by atoms with Gasteiger partial charge < -0.3 is 11.1 Å². The van der Waals surface area contributed by atoms with Crippen LogP contribution in [0.3, 0.4) is 0 Å². The second-order valence-electron chi connectivity index (χ2n) is 3.61. The Balaban J connectivity index is 2.14. The number of nitrogen functional groups attached to an aromatic ring is 1. The lowest BCUT2D eigenvalue weighted by atomic mass is 10.2. The average Bonchev–Trinajstić information content (AvgIpc) is 2.41. The number of nitrogens with one attached hydrogen (secondary N) is 1. The molecule has 0 spiro atoms. The lowest BCUT2D eigenvalue weighted by molar-refractivity contribution is -0.112. The van der Waals surface area contributed by atoms with Crippen LogP contribution in [0, 0.1) is 0 Å². The summed E-state index contributed by atoms with van der Waals surface area (Å²) in [4.78, 5) is 27.3. The molecule has 18 heavy (non-hydrogen) atoms. The Morgan fingerprint density at radius 3 is 2.56 bits per heavy atom. The Morgan fingerprint density at radius 2 is 1.89 bits per heavy atom. The van der Waals surface area contributed by atoms with Crippen LogP contribution in [0.5, 0.6) is 0 Å². The molecule has 1 aromatic carbocycles. The van der Waals surface area contributed by atoms with Crippen LogP contribution in [0.15, 0.2) is 48.8 Å². The standard InChI is InChI=1S/C13H11N3O2/c14-10-5-1-2-6-11(10)16-13(18)12(17)9-4-3-7-15-8-9/h1-8H,14H2,(H,16,18). The highest BCUT2D eigenvalue weighted by Crippen LogP contribution is 2.16. The minimum atomic E-state index is -0.735. The van der Waals surface area contributed by atoms with Gasteiger partial charge in [-0.1, -0.05) is 12.1 Å². The average molecular weight is 241 g/mol. The second-order valence-corrected chi connectivity index (χ2v) is 3.61. The summed E-state index contributed by atoms with van der Waals surface area (Å²) < 4.78 is 0. The Kier molecular flexibility index (Phi) is 3.33. The number of rotatable bonds is 3. The third-order valence-corrected chi connectivity index (χ3v) is 2.34. The maximum Gasteiger partial charge on any atom is 0.296 e. The van der Waals surface area contributed by atoms with Crippen LogP contribution in [0.4, 0.5) is 11.4 Å². The summed E-state index contributed by atoms with van der Waals surface area (Å²) in [6, 6.07) is 9.86. The molecule has 0 atom stereocenters. The fraction of sp³-hybridized carbons (Fsp3) is 0. The molecule has 0 bridgehead atoms. The summed E-state index contributed by atoms with van der Waals surface area (Å²) in [7, 11) is 0. The van der Waals surface area contributed by atoms with Gasteiger partial charge in [0.2, 0.25) is 0 Å². The van der Waals surface area contributed by atoms with Crippen LogP contribution in [0.25, 0.3) is 0 Å².